The topological polar surface area (TPSA) is 87.4 Å². The van der Waals surface area contributed by atoms with Gasteiger partial charge >= 0.3 is 5.69 Å². The van der Waals surface area contributed by atoms with Gasteiger partial charge in [-0.25, -0.2) is 14.4 Å². The van der Waals surface area contributed by atoms with Crippen molar-refractivity contribution in [3.63, 3.8) is 0 Å². The van der Waals surface area contributed by atoms with Crippen LogP contribution in [0.2, 0.25) is 0 Å². The lowest BCUT2D eigenvalue weighted by Crippen LogP contribution is -2.47. The van der Waals surface area contributed by atoms with E-state index in [0.29, 0.717) is 44.2 Å². The average Bonchev–Trinajstić information content (AvgIpc) is 2.68. The summed E-state index contributed by atoms with van der Waals surface area (Å²) in [6.07, 6.45) is 3.23. The molecule has 1 fully saturated rings. The summed E-state index contributed by atoms with van der Waals surface area (Å²) in [5.41, 5.74) is 0.448. The van der Waals surface area contributed by atoms with Crippen LogP contribution in [0.5, 0.6) is 0 Å². The predicted octanol–water partition coefficient (Wildman–Crippen LogP) is 3.06. The van der Waals surface area contributed by atoms with Crippen LogP contribution in [0.1, 0.15) is 19.8 Å². The van der Waals surface area contributed by atoms with E-state index < -0.39 is 4.92 Å². The highest BCUT2D eigenvalue weighted by Crippen LogP contribution is 2.33. The molecular formula is C18H23FN6O2. The summed E-state index contributed by atoms with van der Waals surface area (Å²) in [7, 11) is 0. The third-order valence-electron chi connectivity index (χ3n) is 4.58. The molecule has 2 heterocycles. The number of nitrogens with one attached hydrogen (secondary N) is 1. The number of halogens is 1. The van der Waals surface area contributed by atoms with Crippen molar-refractivity contribution in [3.8, 4) is 0 Å². The second kappa shape index (κ2) is 8.61. The van der Waals surface area contributed by atoms with E-state index in [4.69, 9.17) is 0 Å². The van der Waals surface area contributed by atoms with Gasteiger partial charge in [0.25, 0.3) is 0 Å². The van der Waals surface area contributed by atoms with Gasteiger partial charge in [-0.05, 0) is 18.6 Å². The van der Waals surface area contributed by atoms with Crippen LogP contribution in [-0.4, -0.2) is 47.6 Å². The van der Waals surface area contributed by atoms with E-state index in [1.165, 1.54) is 12.4 Å². The number of anilines is 3. The fourth-order valence-corrected chi connectivity index (χ4v) is 3.15. The van der Waals surface area contributed by atoms with Gasteiger partial charge in [-0.1, -0.05) is 25.5 Å². The molecule has 3 rings (SSSR count). The molecule has 2 aromatic rings. The molecule has 1 N–H and O–H groups in total. The molecule has 1 saturated heterocycles. The molecule has 1 aliphatic heterocycles. The Morgan fingerprint density at radius 2 is 1.89 bits per heavy atom. The largest absolute Gasteiger partial charge is 0.366 e. The molecule has 9 heteroatoms. The predicted molar refractivity (Wildman–Crippen MR) is 103 cm³/mol. The van der Waals surface area contributed by atoms with Crippen LogP contribution in [0.15, 0.2) is 30.6 Å². The second-order valence-electron chi connectivity index (χ2n) is 6.36. The van der Waals surface area contributed by atoms with Crippen molar-refractivity contribution in [2.75, 3.05) is 47.8 Å². The quantitative estimate of drug-likeness (QED) is 0.453. The van der Waals surface area contributed by atoms with Crippen molar-refractivity contribution in [3.05, 3.63) is 46.5 Å². The van der Waals surface area contributed by atoms with Crippen LogP contribution in [-0.2, 0) is 0 Å². The molecule has 1 aliphatic rings. The van der Waals surface area contributed by atoms with Crippen LogP contribution < -0.4 is 15.1 Å². The first-order valence-electron chi connectivity index (χ1n) is 9.09. The number of aromatic nitrogens is 2. The Balaban J connectivity index is 1.76. The third kappa shape index (κ3) is 4.24. The Bertz CT molecular complexity index is 795. The van der Waals surface area contributed by atoms with Crippen LogP contribution in [0.3, 0.4) is 0 Å². The molecule has 144 valence electrons. The Kier molecular flexibility index (Phi) is 6.00. The first kappa shape index (κ1) is 18.8. The highest BCUT2D eigenvalue weighted by atomic mass is 19.1. The lowest BCUT2D eigenvalue weighted by molar-refractivity contribution is -0.383. The Morgan fingerprint density at radius 1 is 1.19 bits per heavy atom. The van der Waals surface area contributed by atoms with Gasteiger partial charge in [0.15, 0.2) is 0 Å². The zero-order valence-electron chi connectivity index (χ0n) is 15.3. The summed E-state index contributed by atoms with van der Waals surface area (Å²) in [6.45, 7) is 4.81. The summed E-state index contributed by atoms with van der Waals surface area (Å²) in [4.78, 5) is 23.2. The number of rotatable bonds is 7. The van der Waals surface area contributed by atoms with Crippen LogP contribution >= 0.6 is 0 Å². The van der Waals surface area contributed by atoms with Crippen molar-refractivity contribution >= 4 is 23.0 Å². The minimum atomic E-state index is -0.438. The van der Waals surface area contributed by atoms with Crippen molar-refractivity contribution in [2.24, 2.45) is 0 Å². The normalized spacial score (nSPS) is 14.3. The first-order chi connectivity index (χ1) is 13.1. The van der Waals surface area contributed by atoms with Crippen molar-refractivity contribution in [2.45, 2.75) is 19.8 Å². The van der Waals surface area contributed by atoms with E-state index in [1.807, 2.05) is 9.80 Å². The number of nitro groups is 1. The zero-order valence-corrected chi connectivity index (χ0v) is 15.3. The molecule has 1 aromatic carbocycles. The third-order valence-corrected chi connectivity index (χ3v) is 4.58. The summed E-state index contributed by atoms with van der Waals surface area (Å²) >= 11 is 0. The maximum absolute atomic E-state index is 14.0. The van der Waals surface area contributed by atoms with E-state index in [2.05, 4.69) is 22.2 Å². The summed E-state index contributed by atoms with van der Waals surface area (Å²) in [5, 5.41) is 14.7. The molecule has 0 bridgehead atoms. The van der Waals surface area contributed by atoms with Crippen LogP contribution in [0, 0.1) is 15.9 Å². The highest BCUT2D eigenvalue weighted by Gasteiger charge is 2.29. The van der Waals surface area contributed by atoms with Gasteiger partial charge in [0.05, 0.1) is 10.6 Å². The van der Waals surface area contributed by atoms with Gasteiger partial charge in [-0.2, -0.15) is 0 Å². The molecule has 0 radical (unpaired) electrons. The smallest absolute Gasteiger partial charge is 0.353 e. The van der Waals surface area contributed by atoms with Crippen molar-refractivity contribution in [1.29, 1.82) is 0 Å². The number of hydrogen-bond donors (Lipinski definition) is 1. The summed E-state index contributed by atoms with van der Waals surface area (Å²) < 4.78 is 14.0. The maximum Gasteiger partial charge on any atom is 0.353 e. The first-order valence-corrected chi connectivity index (χ1v) is 9.09. The molecule has 0 aliphatic carbocycles. The number of nitrogens with zero attached hydrogens (tertiary/aromatic N) is 5. The lowest BCUT2D eigenvalue weighted by Gasteiger charge is -2.36. The number of piperazine rings is 1. The molecule has 0 atom stereocenters. The van der Waals surface area contributed by atoms with Gasteiger partial charge in [0.2, 0.25) is 11.6 Å². The summed E-state index contributed by atoms with van der Waals surface area (Å²) in [6, 6.07) is 6.64. The number of benzene rings is 1. The highest BCUT2D eigenvalue weighted by molar-refractivity contribution is 5.70. The maximum atomic E-state index is 14.0. The fraction of sp³-hybridized carbons (Fsp3) is 0.444. The second-order valence-corrected chi connectivity index (χ2v) is 6.36. The van der Waals surface area contributed by atoms with Gasteiger partial charge in [0.1, 0.15) is 12.1 Å². The lowest BCUT2D eigenvalue weighted by atomic mass is 10.2. The Hall–Kier alpha value is -2.97. The molecule has 0 unspecified atom stereocenters. The van der Waals surface area contributed by atoms with E-state index in [-0.39, 0.29) is 17.3 Å². The number of unbranched alkanes of at least 4 members (excludes halogenated alkanes) is 1. The minimum absolute atomic E-state index is 0.104. The Morgan fingerprint density at radius 3 is 2.56 bits per heavy atom. The minimum Gasteiger partial charge on any atom is -0.366 e. The molecular weight excluding hydrogens is 351 g/mol. The number of hydrogen-bond acceptors (Lipinski definition) is 7. The average molecular weight is 374 g/mol. The zero-order chi connectivity index (χ0) is 19.2. The Labute approximate surface area is 157 Å². The van der Waals surface area contributed by atoms with E-state index in [9.17, 15) is 14.5 Å². The van der Waals surface area contributed by atoms with E-state index in [0.717, 1.165) is 12.8 Å². The standard InChI is InChI=1S/C18H23FN6O2/c1-2-3-8-20-17-16(25(26)27)18(22-13-21-17)24-11-9-23(10-12-24)15-7-5-4-6-14(15)19/h4-7,13H,2-3,8-12H2,1H3,(H,20,21,22). The van der Waals surface area contributed by atoms with Crippen LogP contribution in [0.4, 0.5) is 27.4 Å². The van der Waals surface area contributed by atoms with Crippen molar-refractivity contribution in [1.82, 2.24) is 9.97 Å². The molecule has 0 amide bonds. The fourth-order valence-electron chi connectivity index (χ4n) is 3.15. The monoisotopic (exact) mass is 374 g/mol. The molecule has 8 nitrogen and oxygen atoms in total. The SMILES string of the molecule is CCCCNc1ncnc(N2CCN(c3ccccc3F)CC2)c1[N+](=O)[O-]. The van der Waals surface area contributed by atoms with E-state index in [1.54, 1.807) is 18.2 Å². The van der Waals surface area contributed by atoms with Gasteiger partial charge in [0, 0.05) is 32.7 Å². The van der Waals surface area contributed by atoms with Gasteiger partial charge < -0.3 is 15.1 Å². The molecule has 1 aromatic heterocycles. The molecule has 0 saturated carbocycles. The number of para-hydroxylation sites is 1. The van der Waals surface area contributed by atoms with Crippen molar-refractivity contribution < 1.29 is 9.31 Å². The summed E-state index contributed by atoms with van der Waals surface area (Å²) in [5.74, 6) is 0.290. The molecule has 0 spiro atoms. The molecule has 27 heavy (non-hydrogen) atoms. The van der Waals surface area contributed by atoms with Gasteiger partial charge in [-0.3, -0.25) is 10.1 Å². The van der Waals surface area contributed by atoms with Gasteiger partial charge in [-0.15, -0.1) is 0 Å². The van der Waals surface area contributed by atoms with E-state index >= 15 is 0 Å². The van der Waals surface area contributed by atoms with Crippen LogP contribution in [0.25, 0.3) is 0 Å².